The van der Waals surface area contributed by atoms with Gasteiger partial charge in [0.2, 0.25) is 5.79 Å². The van der Waals surface area contributed by atoms with Crippen molar-refractivity contribution in [3.63, 3.8) is 0 Å². The Labute approximate surface area is 133 Å². The van der Waals surface area contributed by atoms with Gasteiger partial charge >= 0.3 is 11.8 Å². The zero-order chi connectivity index (χ0) is 13.6. The number of ether oxygens (including phenoxy) is 2. The van der Waals surface area contributed by atoms with E-state index < -0.39 is 11.6 Å². The molecule has 4 rings (SSSR count). The van der Waals surface area contributed by atoms with Crippen LogP contribution in [0.1, 0.15) is 49.4 Å². The first-order valence-electron chi connectivity index (χ1n) is 7.20. The molecule has 2 saturated heterocycles. The zero-order valence-electron chi connectivity index (χ0n) is 11.5. The molecule has 0 unspecified atom stereocenters. The second-order valence-electron chi connectivity index (χ2n) is 5.80. The molecule has 0 amide bonds. The molecule has 3 aliphatic rings. The quantitative estimate of drug-likeness (QED) is 0.645. The van der Waals surface area contributed by atoms with Crippen LogP contribution in [0.2, 0.25) is 0 Å². The second-order valence-corrected chi connectivity index (χ2v) is 6.78. The summed E-state index contributed by atoms with van der Waals surface area (Å²) >= 11 is 1.67. The molecule has 3 heterocycles. The minimum Gasteiger partial charge on any atom is -1.00 e. The van der Waals surface area contributed by atoms with Crippen molar-refractivity contribution < 1.29 is 37.0 Å². The molecule has 0 bridgehead atoms. The van der Waals surface area contributed by atoms with Crippen molar-refractivity contribution in [1.29, 1.82) is 0 Å². The van der Waals surface area contributed by atoms with E-state index in [0.29, 0.717) is 6.42 Å². The lowest BCUT2D eigenvalue weighted by atomic mass is 9.94. The molecule has 21 heavy (non-hydrogen) atoms. The van der Waals surface area contributed by atoms with E-state index in [1.807, 2.05) is 11.4 Å². The van der Waals surface area contributed by atoms with Crippen molar-refractivity contribution in [1.82, 2.24) is 0 Å². The standard InChI is InChI=1S/C14H17NO4S.ClH/c16-12-14(18-13(17-12)6-2-1-3-7-13)9-10(15-19-14)11-5-4-8-20-11;/h4-5,8,10,15H,1-3,6-7,9H2;1H/t10-,14-;/m1./s1. The normalized spacial score (nSPS) is 34.1. The number of thiophene rings is 1. The second kappa shape index (κ2) is 5.52. The van der Waals surface area contributed by atoms with E-state index in [4.69, 9.17) is 14.3 Å². The van der Waals surface area contributed by atoms with Crippen LogP contribution < -0.4 is 17.9 Å². The molecule has 116 valence electrons. The topological polar surface area (TPSA) is 61.4 Å². The summed E-state index contributed by atoms with van der Waals surface area (Å²) in [6.45, 7) is 0. The summed E-state index contributed by atoms with van der Waals surface area (Å²) in [5, 5.41) is 2.03. The van der Waals surface area contributed by atoms with E-state index >= 15 is 0 Å². The van der Waals surface area contributed by atoms with Crippen LogP contribution in [0.5, 0.6) is 0 Å². The lowest BCUT2D eigenvalue weighted by Crippen LogP contribution is -3.00. The predicted molar refractivity (Wildman–Crippen MR) is 70.4 cm³/mol. The Morgan fingerprint density at radius 1 is 1.29 bits per heavy atom. The molecule has 1 aromatic heterocycles. The summed E-state index contributed by atoms with van der Waals surface area (Å²) in [7, 11) is 0. The first kappa shape index (κ1) is 15.2. The first-order valence-corrected chi connectivity index (χ1v) is 8.08. The number of nitrogens with two attached hydrogens (primary N) is 1. The summed E-state index contributed by atoms with van der Waals surface area (Å²) < 4.78 is 11.6. The van der Waals surface area contributed by atoms with Crippen LogP contribution in [-0.2, 0) is 19.1 Å². The Kier molecular flexibility index (Phi) is 4.00. The zero-order valence-corrected chi connectivity index (χ0v) is 13.1. The van der Waals surface area contributed by atoms with Gasteiger partial charge in [0, 0.05) is 12.8 Å². The fourth-order valence-electron chi connectivity index (χ4n) is 3.35. The van der Waals surface area contributed by atoms with Crippen LogP contribution in [0.3, 0.4) is 0 Å². The maximum Gasteiger partial charge on any atom is 0.375 e. The molecule has 7 heteroatoms. The van der Waals surface area contributed by atoms with Crippen LogP contribution in [0.15, 0.2) is 17.5 Å². The molecule has 0 radical (unpaired) electrons. The van der Waals surface area contributed by atoms with E-state index in [1.54, 1.807) is 16.8 Å². The Hall–Kier alpha value is -0.660. The summed E-state index contributed by atoms with van der Waals surface area (Å²) in [5.41, 5.74) is 1.73. The van der Waals surface area contributed by atoms with E-state index in [2.05, 4.69) is 6.07 Å². The van der Waals surface area contributed by atoms with Gasteiger partial charge in [0.25, 0.3) is 0 Å². The highest BCUT2D eigenvalue weighted by molar-refractivity contribution is 7.10. The predicted octanol–water partition coefficient (Wildman–Crippen LogP) is -1.38. The van der Waals surface area contributed by atoms with Crippen molar-refractivity contribution in [3.05, 3.63) is 22.4 Å². The minimum absolute atomic E-state index is 0. The van der Waals surface area contributed by atoms with Gasteiger partial charge in [-0.3, -0.25) is 4.74 Å². The minimum atomic E-state index is -1.20. The van der Waals surface area contributed by atoms with E-state index in [-0.39, 0.29) is 24.4 Å². The maximum atomic E-state index is 12.3. The van der Waals surface area contributed by atoms with Crippen molar-refractivity contribution >= 4 is 17.3 Å². The van der Waals surface area contributed by atoms with Gasteiger partial charge < -0.3 is 17.1 Å². The van der Waals surface area contributed by atoms with Gasteiger partial charge in [-0.25, -0.2) is 4.79 Å². The largest absolute Gasteiger partial charge is 1.00 e. The van der Waals surface area contributed by atoms with Crippen molar-refractivity contribution in [3.8, 4) is 0 Å². The van der Waals surface area contributed by atoms with E-state index in [1.165, 1.54) is 11.3 Å². The number of rotatable bonds is 1. The Morgan fingerprint density at radius 2 is 2.10 bits per heavy atom. The summed E-state index contributed by atoms with van der Waals surface area (Å²) in [6.07, 6.45) is 5.36. The highest BCUT2D eigenvalue weighted by atomic mass is 35.5. The third-order valence-corrected chi connectivity index (χ3v) is 5.38. The van der Waals surface area contributed by atoms with Crippen LogP contribution in [0, 0.1) is 0 Å². The molecule has 2 aliphatic heterocycles. The molecular weight excluding hydrogens is 314 g/mol. The van der Waals surface area contributed by atoms with Crippen LogP contribution in [0.4, 0.5) is 0 Å². The molecule has 2 N–H and O–H groups in total. The Morgan fingerprint density at radius 3 is 2.81 bits per heavy atom. The molecule has 5 nitrogen and oxygen atoms in total. The summed E-state index contributed by atoms with van der Waals surface area (Å²) in [5.74, 6) is -2.28. The fraction of sp³-hybridized carbons (Fsp3) is 0.643. The van der Waals surface area contributed by atoms with Gasteiger partial charge in [0.15, 0.2) is 6.04 Å². The van der Waals surface area contributed by atoms with Crippen molar-refractivity contribution in [2.24, 2.45) is 0 Å². The first-order chi connectivity index (χ1) is 9.72. The van der Waals surface area contributed by atoms with Gasteiger partial charge in [-0.2, -0.15) is 10.3 Å². The average Bonchev–Trinajstić information content (AvgIpc) is 3.12. The summed E-state index contributed by atoms with van der Waals surface area (Å²) in [4.78, 5) is 19.2. The molecule has 1 aromatic rings. The number of hydrogen-bond donors (Lipinski definition) is 1. The van der Waals surface area contributed by atoms with Gasteiger partial charge in [-0.1, -0.05) is 12.5 Å². The number of hydrogen-bond acceptors (Lipinski definition) is 5. The highest BCUT2D eigenvalue weighted by Gasteiger charge is 2.65. The Bertz CT molecular complexity index is 517. The molecular formula is C14H18ClNO4S. The van der Waals surface area contributed by atoms with Gasteiger partial charge in [-0.05, 0) is 24.3 Å². The monoisotopic (exact) mass is 331 g/mol. The number of carbonyl (C=O) groups is 1. The third kappa shape index (κ3) is 2.49. The molecule has 1 aliphatic carbocycles. The number of quaternary nitrogens is 1. The molecule has 2 atom stereocenters. The average molecular weight is 332 g/mol. The van der Waals surface area contributed by atoms with Gasteiger partial charge in [0.1, 0.15) is 0 Å². The fourth-order valence-corrected chi connectivity index (χ4v) is 4.13. The SMILES string of the molecule is O=C1OC2(CCCCC2)O[C@@]12C[C@H](c1cccs1)[NH2+]O2.[Cl-]. The Balaban J connectivity index is 0.00000132. The number of halogens is 1. The molecule has 1 saturated carbocycles. The highest BCUT2D eigenvalue weighted by Crippen LogP contribution is 2.46. The van der Waals surface area contributed by atoms with E-state index in [0.717, 1.165) is 25.7 Å². The maximum absolute atomic E-state index is 12.3. The lowest BCUT2D eigenvalue weighted by molar-refractivity contribution is -0.915. The van der Waals surface area contributed by atoms with Crippen LogP contribution >= 0.6 is 11.3 Å². The van der Waals surface area contributed by atoms with Crippen molar-refractivity contribution in [2.75, 3.05) is 0 Å². The smallest absolute Gasteiger partial charge is 0.375 e. The third-order valence-electron chi connectivity index (χ3n) is 4.38. The number of hydroxylamine groups is 1. The molecule has 2 spiro atoms. The lowest BCUT2D eigenvalue weighted by Gasteiger charge is -2.30. The van der Waals surface area contributed by atoms with Crippen LogP contribution in [-0.4, -0.2) is 17.5 Å². The number of carbonyl (C=O) groups excluding carboxylic acids is 1. The molecule has 3 fully saturated rings. The summed E-state index contributed by atoms with van der Waals surface area (Å²) in [6, 6.07) is 4.18. The van der Waals surface area contributed by atoms with Gasteiger partial charge in [0.05, 0.1) is 11.3 Å². The number of esters is 1. The van der Waals surface area contributed by atoms with Crippen LogP contribution in [0.25, 0.3) is 0 Å². The van der Waals surface area contributed by atoms with Gasteiger partial charge in [-0.15, -0.1) is 11.3 Å². The van der Waals surface area contributed by atoms with E-state index in [9.17, 15) is 4.79 Å². The van der Waals surface area contributed by atoms with Crippen molar-refractivity contribution in [2.45, 2.75) is 56.1 Å². The molecule has 0 aromatic carbocycles.